The van der Waals surface area contributed by atoms with Crippen LogP contribution in [0.2, 0.25) is 0 Å². The zero-order valence-corrected chi connectivity index (χ0v) is 15.0. The van der Waals surface area contributed by atoms with Gasteiger partial charge in [0, 0.05) is 43.9 Å². The lowest BCUT2D eigenvalue weighted by Crippen LogP contribution is -2.14. The van der Waals surface area contributed by atoms with Crippen molar-refractivity contribution in [2.75, 3.05) is 14.2 Å². The Bertz CT molecular complexity index is 999. The summed E-state index contributed by atoms with van der Waals surface area (Å²) in [4.78, 5) is 3.85. The zero-order chi connectivity index (χ0) is 18.7. The van der Waals surface area contributed by atoms with E-state index in [0.717, 1.165) is 3.97 Å². The summed E-state index contributed by atoms with van der Waals surface area (Å²) in [5.41, 5.74) is 0.763. The Kier molecular flexibility index (Phi) is 5.17. The van der Waals surface area contributed by atoms with Crippen LogP contribution < -0.4 is 0 Å². The minimum atomic E-state index is -3.99. The van der Waals surface area contributed by atoms with Crippen LogP contribution in [0.25, 0.3) is 11.3 Å². The number of halogens is 1. The van der Waals surface area contributed by atoms with Gasteiger partial charge in [0.15, 0.2) is 6.29 Å². The standard InChI is InChI=1S/C18H17FN2O4S/c1-24-18(25-2)13-10-17(15-7-3-4-8-16(15)19)21(12-13)26(22,23)14-6-5-9-20-11-14/h3-12,18H,1-2H3. The summed E-state index contributed by atoms with van der Waals surface area (Å²) >= 11 is 0. The van der Waals surface area contributed by atoms with Gasteiger partial charge < -0.3 is 9.47 Å². The van der Waals surface area contributed by atoms with Crippen molar-refractivity contribution in [1.29, 1.82) is 0 Å². The van der Waals surface area contributed by atoms with Gasteiger partial charge in [-0.25, -0.2) is 16.8 Å². The summed E-state index contributed by atoms with van der Waals surface area (Å²) in [7, 11) is -1.12. The number of pyridine rings is 1. The number of nitrogens with zero attached hydrogens (tertiary/aromatic N) is 2. The van der Waals surface area contributed by atoms with Gasteiger partial charge in [0.25, 0.3) is 10.0 Å². The lowest BCUT2D eigenvalue weighted by atomic mass is 10.1. The highest BCUT2D eigenvalue weighted by Gasteiger charge is 2.25. The molecule has 0 aliphatic carbocycles. The SMILES string of the molecule is COC(OC)c1cc(-c2ccccc2F)n(S(=O)(=O)c2cccnc2)c1. The number of hydrogen-bond acceptors (Lipinski definition) is 5. The number of ether oxygens (including phenoxy) is 2. The number of aromatic nitrogens is 2. The maximum absolute atomic E-state index is 14.3. The molecule has 8 heteroatoms. The van der Waals surface area contributed by atoms with Crippen LogP contribution in [0.4, 0.5) is 4.39 Å². The molecule has 0 saturated carbocycles. The maximum Gasteiger partial charge on any atom is 0.269 e. The normalized spacial score (nSPS) is 11.8. The van der Waals surface area contributed by atoms with Crippen molar-refractivity contribution in [2.24, 2.45) is 0 Å². The molecule has 0 aliphatic rings. The lowest BCUT2D eigenvalue weighted by Gasteiger charge is -2.11. The Morgan fingerprint density at radius 3 is 2.46 bits per heavy atom. The predicted molar refractivity (Wildman–Crippen MR) is 93.4 cm³/mol. The molecule has 0 saturated heterocycles. The molecule has 0 amide bonds. The van der Waals surface area contributed by atoms with Gasteiger partial charge in [0.05, 0.1) is 5.69 Å². The molecule has 0 radical (unpaired) electrons. The molecular weight excluding hydrogens is 359 g/mol. The topological polar surface area (TPSA) is 70.4 Å². The van der Waals surface area contributed by atoms with Crippen molar-refractivity contribution >= 4 is 10.0 Å². The molecule has 26 heavy (non-hydrogen) atoms. The van der Waals surface area contributed by atoms with E-state index in [1.807, 2.05) is 0 Å². The number of benzene rings is 1. The van der Waals surface area contributed by atoms with Crippen molar-refractivity contribution in [2.45, 2.75) is 11.2 Å². The molecule has 0 bridgehead atoms. The highest BCUT2D eigenvalue weighted by atomic mass is 32.2. The van der Waals surface area contributed by atoms with Crippen LogP contribution in [-0.4, -0.2) is 31.6 Å². The third-order valence-electron chi connectivity index (χ3n) is 3.85. The molecule has 0 N–H and O–H groups in total. The maximum atomic E-state index is 14.3. The fraction of sp³-hybridized carbons (Fsp3) is 0.167. The van der Waals surface area contributed by atoms with Crippen molar-refractivity contribution in [3.8, 4) is 11.3 Å². The van der Waals surface area contributed by atoms with Crippen LogP contribution in [0.15, 0.2) is 66.0 Å². The molecule has 0 unspecified atom stereocenters. The van der Waals surface area contributed by atoms with Gasteiger partial charge in [0.1, 0.15) is 10.7 Å². The van der Waals surface area contributed by atoms with Gasteiger partial charge in [-0.15, -0.1) is 0 Å². The molecule has 3 aromatic rings. The molecular formula is C18H17FN2O4S. The van der Waals surface area contributed by atoms with E-state index in [2.05, 4.69) is 4.98 Å². The molecule has 2 heterocycles. The second kappa shape index (κ2) is 7.36. The van der Waals surface area contributed by atoms with Crippen LogP contribution in [-0.2, 0) is 19.5 Å². The van der Waals surface area contributed by atoms with Gasteiger partial charge >= 0.3 is 0 Å². The molecule has 136 valence electrons. The Labute approximate surface area is 150 Å². The molecule has 2 aromatic heterocycles. The number of rotatable bonds is 6. The fourth-order valence-electron chi connectivity index (χ4n) is 2.64. The molecule has 6 nitrogen and oxygen atoms in total. The minimum Gasteiger partial charge on any atom is -0.352 e. The predicted octanol–water partition coefficient (Wildman–Crippen LogP) is 3.22. The fourth-order valence-corrected chi connectivity index (χ4v) is 3.98. The van der Waals surface area contributed by atoms with E-state index in [9.17, 15) is 12.8 Å². The third-order valence-corrected chi connectivity index (χ3v) is 5.51. The van der Waals surface area contributed by atoms with Crippen LogP contribution in [0.1, 0.15) is 11.9 Å². The summed E-state index contributed by atoms with van der Waals surface area (Å²) in [5.74, 6) is -0.536. The average molecular weight is 376 g/mol. The van der Waals surface area contributed by atoms with E-state index in [1.165, 1.54) is 69.2 Å². The first-order valence-corrected chi connectivity index (χ1v) is 9.11. The van der Waals surface area contributed by atoms with Crippen molar-refractivity contribution < 1.29 is 22.3 Å². The first-order valence-electron chi connectivity index (χ1n) is 7.67. The van der Waals surface area contributed by atoms with E-state index in [1.54, 1.807) is 6.07 Å². The summed E-state index contributed by atoms with van der Waals surface area (Å²) in [6, 6.07) is 10.4. The number of hydrogen-bond donors (Lipinski definition) is 0. The van der Waals surface area contributed by atoms with Crippen LogP contribution in [0.5, 0.6) is 0 Å². The highest BCUT2D eigenvalue weighted by Crippen LogP contribution is 2.31. The van der Waals surface area contributed by atoms with E-state index in [4.69, 9.17) is 9.47 Å². The van der Waals surface area contributed by atoms with E-state index < -0.39 is 22.1 Å². The first kappa shape index (κ1) is 18.2. The number of methoxy groups -OCH3 is 2. The van der Waals surface area contributed by atoms with Gasteiger partial charge in [-0.05, 0) is 30.3 Å². The molecule has 0 atom stereocenters. The van der Waals surface area contributed by atoms with Crippen LogP contribution >= 0.6 is 0 Å². The molecule has 3 rings (SSSR count). The molecule has 0 spiro atoms. The van der Waals surface area contributed by atoms with Crippen LogP contribution in [0, 0.1) is 5.82 Å². The summed E-state index contributed by atoms with van der Waals surface area (Å²) in [6.45, 7) is 0. The third kappa shape index (κ3) is 3.26. The second-order valence-corrected chi connectivity index (χ2v) is 7.25. The lowest BCUT2D eigenvalue weighted by molar-refractivity contribution is -0.105. The summed E-state index contributed by atoms with van der Waals surface area (Å²) in [6.07, 6.45) is 3.29. The average Bonchev–Trinajstić information content (AvgIpc) is 3.09. The van der Waals surface area contributed by atoms with Gasteiger partial charge in [-0.3, -0.25) is 4.98 Å². The van der Waals surface area contributed by atoms with Gasteiger partial charge in [-0.2, -0.15) is 0 Å². The Morgan fingerprint density at radius 1 is 1.12 bits per heavy atom. The van der Waals surface area contributed by atoms with E-state index in [0.29, 0.717) is 5.56 Å². The quantitative estimate of drug-likeness (QED) is 0.618. The Balaban J connectivity index is 2.25. The molecule has 0 fully saturated rings. The first-order chi connectivity index (χ1) is 12.5. The largest absolute Gasteiger partial charge is 0.352 e. The van der Waals surface area contributed by atoms with Gasteiger partial charge in [-0.1, -0.05) is 12.1 Å². The minimum absolute atomic E-state index is 0.00822. The summed E-state index contributed by atoms with van der Waals surface area (Å²) < 4.78 is 51.9. The van der Waals surface area contributed by atoms with Crippen molar-refractivity contribution in [3.63, 3.8) is 0 Å². The molecule has 1 aromatic carbocycles. The van der Waals surface area contributed by atoms with Crippen LogP contribution in [0.3, 0.4) is 0 Å². The van der Waals surface area contributed by atoms with Crippen molar-refractivity contribution in [3.05, 3.63) is 72.4 Å². The Morgan fingerprint density at radius 2 is 1.85 bits per heavy atom. The van der Waals surface area contributed by atoms with E-state index in [-0.39, 0.29) is 16.2 Å². The Hall–Kier alpha value is -2.55. The second-order valence-electron chi connectivity index (χ2n) is 5.43. The highest BCUT2D eigenvalue weighted by molar-refractivity contribution is 7.90. The smallest absolute Gasteiger partial charge is 0.269 e. The summed E-state index contributed by atoms with van der Waals surface area (Å²) in [5, 5.41) is 0. The van der Waals surface area contributed by atoms with E-state index >= 15 is 0 Å². The van der Waals surface area contributed by atoms with Gasteiger partial charge in [0.2, 0.25) is 0 Å². The zero-order valence-electron chi connectivity index (χ0n) is 14.2. The molecule has 0 aliphatic heterocycles. The monoisotopic (exact) mass is 376 g/mol. The van der Waals surface area contributed by atoms with Crippen molar-refractivity contribution in [1.82, 2.24) is 8.96 Å².